The normalized spacial score (nSPS) is 15.5. The van der Waals surface area contributed by atoms with E-state index in [2.05, 4.69) is 22.0 Å². The van der Waals surface area contributed by atoms with Gasteiger partial charge in [0.1, 0.15) is 0 Å². The van der Waals surface area contributed by atoms with E-state index in [0.29, 0.717) is 31.4 Å². The molecule has 130 valence electrons. The Morgan fingerprint density at radius 1 is 1.38 bits per heavy atom. The summed E-state index contributed by atoms with van der Waals surface area (Å²) < 4.78 is 5.72. The van der Waals surface area contributed by atoms with E-state index in [1.165, 1.54) is 0 Å². The van der Waals surface area contributed by atoms with Crippen LogP contribution in [0.15, 0.2) is 21.9 Å². The van der Waals surface area contributed by atoms with Crippen molar-refractivity contribution < 1.29 is 9.21 Å². The third-order valence-electron chi connectivity index (χ3n) is 3.83. The van der Waals surface area contributed by atoms with E-state index in [1.54, 1.807) is 11.3 Å². The molecule has 0 saturated carbocycles. The lowest BCUT2D eigenvalue weighted by Crippen LogP contribution is -2.43. The fourth-order valence-electron chi connectivity index (χ4n) is 2.59. The maximum Gasteiger partial charge on any atom is 0.257 e. The minimum absolute atomic E-state index is 0.139. The van der Waals surface area contributed by atoms with E-state index in [9.17, 15) is 4.79 Å². The monoisotopic (exact) mass is 366 g/mol. The molecule has 1 aliphatic rings. The highest BCUT2D eigenvalue weighted by Gasteiger charge is 2.21. The molecule has 6 nitrogen and oxygen atoms in total. The molecule has 8 heteroatoms. The largest absolute Gasteiger partial charge is 0.418 e. The Morgan fingerprint density at radius 2 is 2.21 bits per heavy atom. The molecule has 0 N–H and O–H groups in total. The molecule has 1 amide bonds. The molecular weight excluding hydrogens is 344 g/mol. The van der Waals surface area contributed by atoms with Crippen molar-refractivity contribution in [3.63, 3.8) is 0 Å². The summed E-state index contributed by atoms with van der Waals surface area (Å²) in [5, 5.41) is 10.2. The number of carbonyl (C=O) groups excluding carboxylic acids is 1. The molecule has 3 rings (SSSR count). The highest BCUT2D eigenvalue weighted by atomic mass is 32.2. The van der Waals surface area contributed by atoms with Crippen molar-refractivity contribution in [3.05, 3.63) is 23.4 Å². The topological polar surface area (TPSA) is 62.5 Å². The number of carbonyl (C=O) groups is 1. The van der Waals surface area contributed by atoms with Crippen LogP contribution in [0.4, 0.5) is 0 Å². The fourth-order valence-corrected chi connectivity index (χ4v) is 4.22. The molecule has 1 fully saturated rings. The quantitative estimate of drug-likeness (QED) is 0.751. The molecule has 2 aromatic rings. The molecule has 2 aromatic heterocycles. The van der Waals surface area contributed by atoms with Crippen molar-refractivity contribution in [1.82, 2.24) is 20.0 Å². The molecule has 1 aliphatic heterocycles. The average Bonchev–Trinajstić information content (AvgIpc) is 3.26. The van der Waals surface area contributed by atoms with Crippen molar-refractivity contribution in [2.75, 3.05) is 37.7 Å². The minimum Gasteiger partial charge on any atom is -0.418 e. The lowest BCUT2D eigenvalue weighted by Gasteiger charge is -2.28. The number of amides is 1. The molecule has 24 heavy (non-hydrogen) atoms. The number of aromatic nitrogens is 2. The first-order valence-corrected chi connectivity index (χ1v) is 10.2. The van der Waals surface area contributed by atoms with E-state index in [-0.39, 0.29) is 5.91 Å². The first-order chi connectivity index (χ1) is 11.8. The molecule has 0 unspecified atom stereocenters. The molecule has 0 spiro atoms. The number of thioether (sulfide) groups is 1. The fraction of sp³-hybridized carbons (Fsp3) is 0.562. The Bertz CT molecular complexity index is 638. The summed E-state index contributed by atoms with van der Waals surface area (Å²) in [7, 11) is 0. The summed E-state index contributed by atoms with van der Waals surface area (Å²) in [5.74, 6) is 3.37. The summed E-state index contributed by atoms with van der Waals surface area (Å²) in [6.07, 6.45) is 0.910. The lowest BCUT2D eigenvalue weighted by atomic mass is 10.3. The summed E-state index contributed by atoms with van der Waals surface area (Å²) in [6, 6.07) is 3.90. The van der Waals surface area contributed by atoms with Gasteiger partial charge < -0.3 is 9.32 Å². The molecule has 0 bridgehead atoms. The molecule has 0 radical (unpaired) electrons. The summed E-state index contributed by atoms with van der Waals surface area (Å²) in [5.41, 5.74) is 0. The number of rotatable bonds is 7. The van der Waals surface area contributed by atoms with Crippen LogP contribution in [0, 0.1) is 0 Å². The van der Waals surface area contributed by atoms with Gasteiger partial charge in [-0.1, -0.05) is 13.0 Å². The van der Waals surface area contributed by atoms with E-state index in [1.807, 2.05) is 34.2 Å². The van der Waals surface area contributed by atoms with Crippen molar-refractivity contribution in [2.45, 2.75) is 19.9 Å². The molecule has 1 saturated heterocycles. The standard InChI is InChI=1S/C16H22N4O2S2/c1-2-5-20(15(21)12-19-6-9-23-10-7-19)11-14-17-18-16(22-14)13-4-3-8-24-13/h3-4,8H,2,5-7,9-12H2,1H3. The van der Waals surface area contributed by atoms with Crippen LogP contribution < -0.4 is 0 Å². The average molecular weight is 367 g/mol. The van der Waals surface area contributed by atoms with Gasteiger partial charge in [0.05, 0.1) is 18.0 Å². The van der Waals surface area contributed by atoms with Gasteiger partial charge in [-0.3, -0.25) is 9.69 Å². The Kier molecular flexibility index (Phi) is 6.28. The second-order valence-corrected chi connectivity index (χ2v) is 7.85. The van der Waals surface area contributed by atoms with Crippen molar-refractivity contribution >= 4 is 29.0 Å². The van der Waals surface area contributed by atoms with Crippen LogP contribution in [-0.4, -0.2) is 63.6 Å². The van der Waals surface area contributed by atoms with Gasteiger partial charge in [-0.05, 0) is 17.9 Å². The summed E-state index contributed by atoms with van der Waals surface area (Å²) in [4.78, 5) is 17.6. The highest BCUT2D eigenvalue weighted by molar-refractivity contribution is 7.99. The number of hydrogen-bond acceptors (Lipinski definition) is 7. The molecule has 3 heterocycles. The molecule has 0 atom stereocenters. The first kappa shape index (κ1) is 17.4. The Hall–Kier alpha value is -1.38. The summed E-state index contributed by atoms with van der Waals surface area (Å²) in [6.45, 7) is 5.61. The van der Waals surface area contributed by atoms with Crippen LogP contribution in [0.25, 0.3) is 10.8 Å². The Balaban J connectivity index is 1.61. The van der Waals surface area contributed by atoms with Crippen LogP contribution in [0.1, 0.15) is 19.2 Å². The lowest BCUT2D eigenvalue weighted by molar-refractivity contribution is -0.133. The maximum atomic E-state index is 12.6. The zero-order chi connectivity index (χ0) is 16.8. The van der Waals surface area contributed by atoms with Gasteiger partial charge in [0.25, 0.3) is 5.89 Å². The first-order valence-electron chi connectivity index (χ1n) is 8.20. The molecular formula is C16H22N4O2S2. The van der Waals surface area contributed by atoms with E-state index in [4.69, 9.17) is 4.42 Å². The van der Waals surface area contributed by atoms with Crippen LogP contribution in [-0.2, 0) is 11.3 Å². The maximum absolute atomic E-state index is 12.6. The summed E-state index contributed by atoms with van der Waals surface area (Å²) >= 11 is 3.51. The number of hydrogen-bond donors (Lipinski definition) is 0. The van der Waals surface area contributed by atoms with E-state index in [0.717, 1.165) is 35.9 Å². The van der Waals surface area contributed by atoms with Gasteiger partial charge in [0, 0.05) is 31.1 Å². The van der Waals surface area contributed by atoms with Crippen molar-refractivity contribution in [2.24, 2.45) is 0 Å². The van der Waals surface area contributed by atoms with Gasteiger partial charge in [-0.25, -0.2) is 0 Å². The minimum atomic E-state index is 0.139. The van der Waals surface area contributed by atoms with Crippen LogP contribution in [0.2, 0.25) is 0 Å². The number of thiophene rings is 1. The van der Waals surface area contributed by atoms with Gasteiger partial charge >= 0.3 is 0 Å². The van der Waals surface area contributed by atoms with Crippen LogP contribution in [0.3, 0.4) is 0 Å². The predicted molar refractivity (Wildman–Crippen MR) is 97.1 cm³/mol. The zero-order valence-electron chi connectivity index (χ0n) is 13.8. The van der Waals surface area contributed by atoms with E-state index < -0.39 is 0 Å². The number of nitrogens with zero attached hydrogens (tertiary/aromatic N) is 4. The smallest absolute Gasteiger partial charge is 0.257 e. The Labute approximate surface area is 150 Å². The third kappa shape index (κ3) is 4.58. The highest BCUT2D eigenvalue weighted by Crippen LogP contribution is 2.23. The van der Waals surface area contributed by atoms with Gasteiger partial charge in [-0.15, -0.1) is 21.5 Å². The second-order valence-electron chi connectivity index (χ2n) is 5.68. The van der Waals surface area contributed by atoms with E-state index >= 15 is 0 Å². The predicted octanol–water partition coefficient (Wildman–Crippen LogP) is 2.59. The van der Waals surface area contributed by atoms with Crippen molar-refractivity contribution in [1.29, 1.82) is 0 Å². The van der Waals surface area contributed by atoms with Crippen molar-refractivity contribution in [3.8, 4) is 10.8 Å². The van der Waals surface area contributed by atoms with Gasteiger partial charge in [0.2, 0.25) is 11.8 Å². The second kappa shape index (κ2) is 8.64. The van der Waals surface area contributed by atoms with Crippen LogP contribution in [0.5, 0.6) is 0 Å². The third-order valence-corrected chi connectivity index (χ3v) is 5.63. The van der Waals surface area contributed by atoms with Crippen LogP contribution >= 0.6 is 23.1 Å². The zero-order valence-corrected chi connectivity index (χ0v) is 15.4. The molecule has 0 aromatic carbocycles. The Morgan fingerprint density at radius 3 is 2.92 bits per heavy atom. The van der Waals surface area contributed by atoms with Gasteiger partial charge in [0.15, 0.2) is 0 Å². The SMILES string of the molecule is CCCN(Cc1nnc(-c2cccs2)o1)C(=O)CN1CCSCC1. The molecule has 0 aliphatic carbocycles. The van der Waals surface area contributed by atoms with Gasteiger partial charge in [-0.2, -0.15) is 11.8 Å².